The molecule has 0 saturated heterocycles. The van der Waals surface area contributed by atoms with Crippen molar-refractivity contribution in [3.05, 3.63) is 77.4 Å². The topological polar surface area (TPSA) is 85.2 Å². The van der Waals surface area contributed by atoms with Gasteiger partial charge in [0.25, 0.3) is 0 Å². The van der Waals surface area contributed by atoms with E-state index in [9.17, 15) is 15.2 Å². The second-order valence-electron chi connectivity index (χ2n) is 5.61. The highest BCUT2D eigenvalue weighted by atomic mass is 16.4. The largest absolute Gasteiger partial charge is 0.478 e. The van der Waals surface area contributed by atoms with E-state index in [-0.39, 0.29) is 11.1 Å². The smallest absolute Gasteiger partial charge is 0.336 e. The normalized spacial score (nSPS) is 16.6. The monoisotopic (exact) mass is 331 g/mol. The van der Waals surface area contributed by atoms with Crippen LogP contribution in [0.4, 0.5) is 0 Å². The van der Waals surface area contributed by atoms with Crippen LogP contribution in [0.1, 0.15) is 5.56 Å². The maximum atomic E-state index is 11.5. The lowest BCUT2D eigenvalue weighted by Gasteiger charge is -2.26. The minimum Gasteiger partial charge on any atom is -0.478 e. The van der Waals surface area contributed by atoms with Crippen LogP contribution in [0.15, 0.2) is 71.8 Å². The Kier molecular flexibility index (Phi) is 4.64. The molecule has 0 bridgehead atoms. The van der Waals surface area contributed by atoms with Gasteiger partial charge in [-0.05, 0) is 29.8 Å². The first-order chi connectivity index (χ1) is 12.1. The van der Waals surface area contributed by atoms with Crippen molar-refractivity contribution < 1.29 is 9.90 Å². The summed E-state index contributed by atoms with van der Waals surface area (Å²) in [7, 11) is 1.68. The van der Waals surface area contributed by atoms with E-state index in [1.807, 2.05) is 60.7 Å². The van der Waals surface area contributed by atoms with Crippen molar-refractivity contribution >= 4 is 11.7 Å². The average Bonchev–Trinajstić information content (AvgIpc) is 2.67. The summed E-state index contributed by atoms with van der Waals surface area (Å²) < 4.78 is 0. The van der Waals surface area contributed by atoms with Gasteiger partial charge in [0.15, 0.2) is 0 Å². The molecule has 2 aromatic rings. The lowest BCUT2D eigenvalue weighted by atomic mass is 9.97. The van der Waals surface area contributed by atoms with Crippen LogP contribution >= 0.6 is 0 Å². The quantitative estimate of drug-likeness (QED) is 0.802. The van der Waals surface area contributed by atoms with Gasteiger partial charge in [-0.1, -0.05) is 54.6 Å². The van der Waals surface area contributed by atoms with Crippen LogP contribution in [0.5, 0.6) is 0 Å². The van der Waals surface area contributed by atoms with Crippen molar-refractivity contribution in [1.82, 2.24) is 10.6 Å². The molecule has 1 unspecified atom stereocenters. The van der Waals surface area contributed by atoms with Crippen LogP contribution in [0, 0.1) is 11.3 Å². The van der Waals surface area contributed by atoms with E-state index >= 15 is 0 Å². The molecule has 5 nitrogen and oxygen atoms in total. The SMILES string of the molecule is CNC1NC(c2ccc(-c3ccccc3)cc2)=CC(C(=O)O)=C1C#N. The minimum absolute atomic E-state index is 0.00253. The zero-order valence-electron chi connectivity index (χ0n) is 13.7. The lowest BCUT2D eigenvalue weighted by molar-refractivity contribution is -0.132. The fraction of sp³-hybridized carbons (Fsp3) is 0.100. The van der Waals surface area contributed by atoms with Gasteiger partial charge in [0, 0.05) is 5.70 Å². The van der Waals surface area contributed by atoms with Gasteiger partial charge in [-0.2, -0.15) is 5.26 Å². The van der Waals surface area contributed by atoms with Crippen molar-refractivity contribution in [3.8, 4) is 17.2 Å². The Hall–Kier alpha value is -3.36. The third-order valence-electron chi connectivity index (χ3n) is 4.11. The second-order valence-corrected chi connectivity index (χ2v) is 5.61. The number of hydrogen-bond acceptors (Lipinski definition) is 4. The molecule has 0 fully saturated rings. The molecule has 124 valence electrons. The summed E-state index contributed by atoms with van der Waals surface area (Å²) in [6.07, 6.45) is 0.969. The summed E-state index contributed by atoms with van der Waals surface area (Å²) in [6, 6.07) is 19.8. The molecule has 0 aliphatic carbocycles. The fourth-order valence-corrected chi connectivity index (χ4v) is 2.80. The summed E-state index contributed by atoms with van der Waals surface area (Å²) >= 11 is 0. The van der Waals surface area contributed by atoms with Crippen LogP contribution < -0.4 is 10.6 Å². The van der Waals surface area contributed by atoms with Gasteiger partial charge in [-0.15, -0.1) is 0 Å². The molecule has 0 radical (unpaired) electrons. The molecule has 0 spiro atoms. The highest BCUT2D eigenvalue weighted by Crippen LogP contribution is 2.26. The lowest BCUT2D eigenvalue weighted by Crippen LogP contribution is -2.43. The predicted octanol–water partition coefficient (Wildman–Crippen LogP) is 2.75. The van der Waals surface area contributed by atoms with Crippen molar-refractivity contribution in [1.29, 1.82) is 5.26 Å². The Bertz CT molecular complexity index is 891. The Morgan fingerprint density at radius 3 is 2.24 bits per heavy atom. The van der Waals surface area contributed by atoms with Crippen molar-refractivity contribution in [3.63, 3.8) is 0 Å². The van der Waals surface area contributed by atoms with E-state index in [1.54, 1.807) is 7.05 Å². The number of hydrogen-bond donors (Lipinski definition) is 3. The predicted molar refractivity (Wildman–Crippen MR) is 96.1 cm³/mol. The molecule has 25 heavy (non-hydrogen) atoms. The van der Waals surface area contributed by atoms with Crippen LogP contribution in [0.3, 0.4) is 0 Å². The molecule has 3 N–H and O–H groups in total. The Labute approximate surface area is 145 Å². The van der Waals surface area contributed by atoms with Crippen LogP contribution in [-0.2, 0) is 4.79 Å². The molecular weight excluding hydrogens is 314 g/mol. The number of nitrogens with one attached hydrogen (secondary N) is 2. The van der Waals surface area contributed by atoms with Gasteiger partial charge in [0.05, 0.1) is 17.2 Å². The first kappa shape index (κ1) is 16.5. The summed E-state index contributed by atoms with van der Waals surface area (Å²) in [5, 5.41) is 24.8. The number of carboxylic acid groups (broad SMARTS) is 1. The summed E-state index contributed by atoms with van der Waals surface area (Å²) in [5.74, 6) is -1.11. The number of nitrogens with zero attached hydrogens (tertiary/aromatic N) is 1. The fourth-order valence-electron chi connectivity index (χ4n) is 2.80. The number of carboxylic acids is 1. The maximum Gasteiger partial charge on any atom is 0.336 e. The van der Waals surface area contributed by atoms with Crippen LogP contribution in [-0.4, -0.2) is 24.3 Å². The molecule has 3 rings (SSSR count). The van der Waals surface area contributed by atoms with E-state index in [1.165, 1.54) is 6.08 Å². The molecule has 5 heteroatoms. The summed E-state index contributed by atoms with van der Waals surface area (Å²) in [5.41, 5.74) is 3.89. The molecule has 1 heterocycles. The number of benzene rings is 2. The molecular formula is C20H17N3O2. The Balaban J connectivity index is 1.98. The van der Waals surface area contributed by atoms with Crippen LogP contribution in [0.25, 0.3) is 16.8 Å². The van der Waals surface area contributed by atoms with Gasteiger partial charge >= 0.3 is 5.97 Å². The van der Waals surface area contributed by atoms with E-state index in [2.05, 4.69) is 10.6 Å². The molecule has 0 saturated carbocycles. The van der Waals surface area contributed by atoms with E-state index in [4.69, 9.17) is 0 Å². The first-order valence-electron chi connectivity index (χ1n) is 7.83. The zero-order chi connectivity index (χ0) is 17.8. The van der Waals surface area contributed by atoms with Crippen LogP contribution in [0.2, 0.25) is 0 Å². The maximum absolute atomic E-state index is 11.5. The zero-order valence-corrected chi connectivity index (χ0v) is 13.7. The first-order valence-corrected chi connectivity index (χ1v) is 7.83. The average molecular weight is 331 g/mol. The molecule has 1 aliphatic heterocycles. The number of carbonyl (C=O) groups is 1. The van der Waals surface area contributed by atoms with Gasteiger partial charge in [0.1, 0.15) is 6.17 Å². The van der Waals surface area contributed by atoms with Crippen molar-refractivity contribution in [2.45, 2.75) is 6.17 Å². The molecule has 1 aliphatic rings. The van der Waals surface area contributed by atoms with E-state index in [0.717, 1.165) is 16.7 Å². The number of nitriles is 1. The molecule has 1 atom stereocenters. The number of rotatable bonds is 4. The Morgan fingerprint density at radius 2 is 1.68 bits per heavy atom. The standard InChI is InChI=1S/C20H17N3O2/c1-22-19-17(12-21)16(20(24)25)11-18(23-19)15-9-7-14(8-10-15)13-5-3-2-4-6-13/h2-11,19,22-23H,1H3,(H,24,25). The van der Waals surface area contributed by atoms with Gasteiger partial charge in [-0.3, -0.25) is 5.32 Å². The van der Waals surface area contributed by atoms with Crippen molar-refractivity contribution in [2.24, 2.45) is 0 Å². The van der Waals surface area contributed by atoms with Gasteiger partial charge < -0.3 is 10.4 Å². The third-order valence-corrected chi connectivity index (χ3v) is 4.11. The number of aliphatic carboxylic acids is 1. The number of likely N-dealkylation sites (N-methyl/N-ethyl adjacent to an activating group) is 1. The molecule has 2 aromatic carbocycles. The van der Waals surface area contributed by atoms with Gasteiger partial charge in [0.2, 0.25) is 0 Å². The molecule has 0 amide bonds. The third kappa shape index (κ3) is 3.30. The molecule has 0 aromatic heterocycles. The minimum atomic E-state index is -1.11. The summed E-state index contributed by atoms with van der Waals surface area (Å²) in [6.45, 7) is 0. The van der Waals surface area contributed by atoms with E-state index in [0.29, 0.717) is 5.70 Å². The highest BCUT2D eigenvalue weighted by molar-refractivity contribution is 5.95. The van der Waals surface area contributed by atoms with E-state index < -0.39 is 12.1 Å². The van der Waals surface area contributed by atoms with Crippen molar-refractivity contribution in [2.75, 3.05) is 7.05 Å². The second kappa shape index (κ2) is 7.04. The Morgan fingerprint density at radius 1 is 1.08 bits per heavy atom. The van der Waals surface area contributed by atoms with Gasteiger partial charge in [-0.25, -0.2) is 4.79 Å². The highest BCUT2D eigenvalue weighted by Gasteiger charge is 2.26. The number of dihydropyridines is 1. The summed E-state index contributed by atoms with van der Waals surface area (Å²) in [4.78, 5) is 11.5.